The fourth-order valence-corrected chi connectivity index (χ4v) is 3.41. The summed E-state index contributed by atoms with van der Waals surface area (Å²) in [5.41, 5.74) is 1.14. The predicted octanol–water partition coefficient (Wildman–Crippen LogP) is 2.81. The van der Waals surface area contributed by atoms with Gasteiger partial charge in [0.05, 0.1) is 6.04 Å². The van der Waals surface area contributed by atoms with Crippen LogP contribution in [0.5, 0.6) is 0 Å². The van der Waals surface area contributed by atoms with E-state index >= 15 is 0 Å². The number of rotatable bonds is 6. The molecule has 0 aliphatic carbocycles. The Morgan fingerprint density at radius 1 is 1.30 bits per heavy atom. The van der Waals surface area contributed by atoms with E-state index in [9.17, 15) is 4.79 Å². The number of halogens is 1. The fraction of sp³-hybridized carbons (Fsp3) is 0.611. The molecule has 1 heterocycles. The number of nitrogens with zero attached hydrogens (tertiary/aromatic N) is 1. The van der Waals surface area contributed by atoms with Crippen molar-refractivity contribution < 1.29 is 4.79 Å². The molecule has 0 bridgehead atoms. The second-order valence-electron chi connectivity index (χ2n) is 6.99. The predicted molar refractivity (Wildman–Crippen MR) is 95.6 cm³/mol. The third-order valence-corrected chi connectivity index (χ3v) is 4.22. The van der Waals surface area contributed by atoms with E-state index in [2.05, 4.69) is 35.4 Å². The molecule has 1 aliphatic heterocycles. The van der Waals surface area contributed by atoms with E-state index in [1.807, 2.05) is 32.0 Å². The Bertz CT molecular complexity index is 533. The highest BCUT2D eigenvalue weighted by Crippen LogP contribution is 2.22. The third kappa shape index (κ3) is 5.48. The van der Waals surface area contributed by atoms with Crippen molar-refractivity contribution in [3.05, 3.63) is 34.9 Å². The molecule has 0 aromatic heterocycles. The number of hydrogen-bond donors (Lipinski definition) is 2. The van der Waals surface area contributed by atoms with E-state index in [1.165, 1.54) is 0 Å². The summed E-state index contributed by atoms with van der Waals surface area (Å²) in [6.07, 6.45) is 0.845. The van der Waals surface area contributed by atoms with Gasteiger partial charge in [-0.25, -0.2) is 0 Å². The first kappa shape index (κ1) is 18.2. The summed E-state index contributed by atoms with van der Waals surface area (Å²) in [6, 6.07) is 8.70. The van der Waals surface area contributed by atoms with Gasteiger partial charge in [-0.05, 0) is 38.0 Å². The van der Waals surface area contributed by atoms with Crippen molar-refractivity contribution in [2.45, 2.75) is 64.8 Å². The van der Waals surface area contributed by atoms with E-state index in [-0.39, 0.29) is 18.0 Å². The first-order valence-corrected chi connectivity index (χ1v) is 8.78. The molecule has 1 aromatic carbocycles. The number of likely N-dealkylation sites (tertiary alicyclic amines) is 1. The van der Waals surface area contributed by atoms with Crippen LogP contribution in [0.25, 0.3) is 0 Å². The van der Waals surface area contributed by atoms with Crippen molar-refractivity contribution >= 4 is 17.5 Å². The first-order chi connectivity index (χ1) is 10.8. The zero-order valence-electron chi connectivity index (χ0n) is 14.5. The van der Waals surface area contributed by atoms with Crippen LogP contribution in [0.4, 0.5) is 0 Å². The fourth-order valence-electron chi connectivity index (χ4n) is 3.19. The average molecular weight is 338 g/mol. The topological polar surface area (TPSA) is 44.4 Å². The highest BCUT2D eigenvalue weighted by molar-refractivity contribution is 6.30. The summed E-state index contributed by atoms with van der Waals surface area (Å²) in [5, 5.41) is 7.35. The van der Waals surface area contributed by atoms with Crippen LogP contribution in [0, 0.1) is 0 Å². The van der Waals surface area contributed by atoms with Crippen LogP contribution in [0.15, 0.2) is 24.3 Å². The Kier molecular flexibility index (Phi) is 6.45. The van der Waals surface area contributed by atoms with Gasteiger partial charge in [-0.1, -0.05) is 37.6 Å². The Morgan fingerprint density at radius 3 is 2.65 bits per heavy atom. The molecule has 1 saturated heterocycles. The van der Waals surface area contributed by atoms with Gasteiger partial charge in [0.25, 0.3) is 0 Å². The van der Waals surface area contributed by atoms with Crippen LogP contribution in [0.1, 0.15) is 39.7 Å². The number of carbonyl (C=O) groups is 1. The minimum absolute atomic E-state index is 0.0902. The van der Waals surface area contributed by atoms with Gasteiger partial charge in [0.15, 0.2) is 0 Å². The SMILES string of the molecule is CC(C)NC(=O)[C@@H]1C[C@@H](NC(C)C)CN1Cc1cccc(Cl)c1. The van der Waals surface area contributed by atoms with Crippen molar-refractivity contribution in [2.75, 3.05) is 6.54 Å². The number of amides is 1. The molecule has 23 heavy (non-hydrogen) atoms. The summed E-state index contributed by atoms with van der Waals surface area (Å²) in [5.74, 6) is 0.120. The number of carbonyl (C=O) groups excluding carboxylic acids is 1. The number of benzene rings is 1. The van der Waals surface area contributed by atoms with Crippen LogP contribution in [0.3, 0.4) is 0 Å². The molecule has 1 aromatic rings. The molecule has 128 valence electrons. The maximum absolute atomic E-state index is 12.5. The van der Waals surface area contributed by atoms with Gasteiger partial charge in [-0.15, -0.1) is 0 Å². The molecule has 5 heteroatoms. The smallest absolute Gasteiger partial charge is 0.237 e. The maximum Gasteiger partial charge on any atom is 0.237 e. The third-order valence-electron chi connectivity index (χ3n) is 3.98. The summed E-state index contributed by atoms with van der Waals surface area (Å²) >= 11 is 6.09. The van der Waals surface area contributed by atoms with Crippen LogP contribution < -0.4 is 10.6 Å². The molecular weight excluding hydrogens is 310 g/mol. The lowest BCUT2D eigenvalue weighted by atomic mass is 10.1. The Balaban J connectivity index is 2.10. The molecule has 2 N–H and O–H groups in total. The second kappa shape index (κ2) is 8.13. The minimum atomic E-state index is -0.0902. The summed E-state index contributed by atoms with van der Waals surface area (Å²) in [6.45, 7) is 9.90. The molecule has 0 spiro atoms. The van der Waals surface area contributed by atoms with Gasteiger partial charge < -0.3 is 10.6 Å². The van der Waals surface area contributed by atoms with Crippen LogP contribution in [-0.2, 0) is 11.3 Å². The second-order valence-corrected chi connectivity index (χ2v) is 7.43. The van der Waals surface area contributed by atoms with Gasteiger partial charge in [-0.3, -0.25) is 9.69 Å². The van der Waals surface area contributed by atoms with Crippen molar-refractivity contribution in [2.24, 2.45) is 0 Å². The molecular formula is C18H28ClN3O. The highest BCUT2D eigenvalue weighted by Gasteiger charge is 2.36. The summed E-state index contributed by atoms with van der Waals surface area (Å²) < 4.78 is 0. The molecule has 1 amide bonds. The standard InChI is InChI=1S/C18H28ClN3O/c1-12(2)20-16-9-17(18(23)21-13(3)4)22(11-16)10-14-6-5-7-15(19)8-14/h5-8,12-13,16-17,20H,9-11H2,1-4H3,(H,21,23)/t16-,17+/m1/s1. The van der Waals surface area contributed by atoms with Crippen molar-refractivity contribution in [1.29, 1.82) is 0 Å². The zero-order valence-corrected chi connectivity index (χ0v) is 15.2. The maximum atomic E-state index is 12.5. The van der Waals surface area contributed by atoms with Crippen molar-refractivity contribution in [1.82, 2.24) is 15.5 Å². The molecule has 4 nitrogen and oxygen atoms in total. The largest absolute Gasteiger partial charge is 0.353 e. The number of nitrogens with one attached hydrogen (secondary N) is 2. The van der Waals surface area contributed by atoms with E-state index in [0.717, 1.165) is 30.1 Å². The quantitative estimate of drug-likeness (QED) is 0.839. The molecule has 0 unspecified atom stereocenters. The lowest BCUT2D eigenvalue weighted by Crippen LogP contribution is -2.45. The lowest BCUT2D eigenvalue weighted by Gasteiger charge is -2.24. The minimum Gasteiger partial charge on any atom is -0.353 e. The highest BCUT2D eigenvalue weighted by atomic mass is 35.5. The zero-order chi connectivity index (χ0) is 17.0. The molecule has 2 atom stereocenters. The average Bonchev–Trinajstić information content (AvgIpc) is 2.79. The van der Waals surface area contributed by atoms with Crippen LogP contribution in [0.2, 0.25) is 5.02 Å². The van der Waals surface area contributed by atoms with Crippen molar-refractivity contribution in [3.63, 3.8) is 0 Å². The van der Waals surface area contributed by atoms with Gasteiger partial charge >= 0.3 is 0 Å². The normalized spacial score (nSPS) is 22.0. The lowest BCUT2D eigenvalue weighted by molar-refractivity contribution is -0.126. The molecule has 2 rings (SSSR count). The molecule has 0 saturated carbocycles. The van der Waals surface area contributed by atoms with Gasteiger partial charge in [0.2, 0.25) is 5.91 Å². The summed E-state index contributed by atoms with van der Waals surface area (Å²) in [4.78, 5) is 14.8. The van der Waals surface area contributed by atoms with Crippen molar-refractivity contribution in [3.8, 4) is 0 Å². The van der Waals surface area contributed by atoms with Gasteiger partial charge in [0, 0.05) is 36.2 Å². The van der Waals surface area contributed by atoms with Crippen LogP contribution in [-0.4, -0.2) is 41.5 Å². The molecule has 0 radical (unpaired) electrons. The van der Waals surface area contributed by atoms with E-state index < -0.39 is 0 Å². The monoisotopic (exact) mass is 337 g/mol. The molecule has 1 aliphatic rings. The first-order valence-electron chi connectivity index (χ1n) is 8.40. The van der Waals surface area contributed by atoms with E-state index in [0.29, 0.717) is 12.1 Å². The number of hydrogen-bond acceptors (Lipinski definition) is 3. The van der Waals surface area contributed by atoms with E-state index in [1.54, 1.807) is 0 Å². The Labute approximate surface area is 144 Å². The molecule has 1 fully saturated rings. The Hall–Kier alpha value is -1.10. The summed E-state index contributed by atoms with van der Waals surface area (Å²) in [7, 11) is 0. The van der Waals surface area contributed by atoms with Crippen LogP contribution >= 0.6 is 11.6 Å². The Morgan fingerprint density at radius 2 is 2.04 bits per heavy atom. The van der Waals surface area contributed by atoms with E-state index in [4.69, 9.17) is 11.6 Å². The van der Waals surface area contributed by atoms with Gasteiger partial charge in [0.1, 0.15) is 0 Å². The van der Waals surface area contributed by atoms with Gasteiger partial charge in [-0.2, -0.15) is 0 Å².